The molecule has 2 aromatic carbocycles. The molecule has 0 bridgehead atoms. The zero-order chi connectivity index (χ0) is 20.3. The summed E-state index contributed by atoms with van der Waals surface area (Å²) in [6.07, 6.45) is 1.97. The van der Waals surface area contributed by atoms with Crippen molar-refractivity contribution in [2.75, 3.05) is 26.5 Å². The maximum Gasteiger partial charge on any atom is 0.247 e. The van der Waals surface area contributed by atoms with Crippen LogP contribution in [0.3, 0.4) is 0 Å². The Morgan fingerprint density at radius 3 is 2.39 bits per heavy atom. The fraction of sp³-hybridized carbons (Fsp3) is 0.350. The van der Waals surface area contributed by atoms with Crippen molar-refractivity contribution in [3.8, 4) is 5.75 Å². The summed E-state index contributed by atoms with van der Waals surface area (Å²) in [5.74, 6) is 0.111. The van der Waals surface area contributed by atoms with Crippen LogP contribution in [-0.4, -0.2) is 45.9 Å². The van der Waals surface area contributed by atoms with Gasteiger partial charge in [-0.05, 0) is 36.6 Å². The molecule has 8 heteroatoms. The number of methoxy groups -OCH3 is 1. The van der Waals surface area contributed by atoms with Crippen molar-refractivity contribution in [2.45, 2.75) is 29.8 Å². The third-order valence-electron chi connectivity index (χ3n) is 4.55. The number of carbonyl (C=O) groups excluding carboxylic acids is 1. The van der Waals surface area contributed by atoms with E-state index in [1.54, 1.807) is 12.1 Å². The molecule has 1 unspecified atom stereocenters. The van der Waals surface area contributed by atoms with E-state index in [0.29, 0.717) is 5.69 Å². The van der Waals surface area contributed by atoms with Gasteiger partial charge in [0.2, 0.25) is 15.9 Å². The van der Waals surface area contributed by atoms with Gasteiger partial charge in [-0.15, -0.1) is 0 Å². The minimum atomic E-state index is -3.70. The van der Waals surface area contributed by atoms with Crippen molar-refractivity contribution < 1.29 is 17.9 Å². The maximum atomic E-state index is 12.8. The molecule has 0 saturated heterocycles. The predicted octanol–water partition coefficient (Wildman–Crippen LogP) is 2.38. The van der Waals surface area contributed by atoms with Gasteiger partial charge in [-0.25, -0.2) is 12.7 Å². The molecular weight excluding hydrogens is 378 g/mol. The number of sulfonamides is 1. The SMILES string of the molecule is COc1ccc(NC(C(=O)NC2CC2)c2ccccc2)cc1S(=O)(=O)N(C)C. The van der Waals surface area contributed by atoms with E-state index < -0.39 is 16.1 Å². The van der Waals surface area contributed by atoms with Gasteiger partial charge in [0.25, 0.3) is 0 Å². The monoisotopic (exact) mass is 403 g/mol. The first kappa shape index (κ1) is 20.2. The molecular formula is C20H25N3O4S. The van der Waals surface area contributed by atoms with E-state index in [9.17, 15) is 13.2 Å². The summed E-state index contributed by atoms with van der Waals surface area (Å²) in [4.78, 5) is 12.8. The molecule has 0 aliphatic heterocycles. The van der Waals surface area contributed by atoms with Crippen molar-refractivity contribution in [1.82, 2.24) is 9.62 Å². The van der Waals surface area contributed by atoms with Crippen molar-refractivity contribution in [3.63, 3.8) is 0 Å². The summed E-state index contributed by atoms with van der Waals surface area (Å²) in [6, 6.07) is 13.7. The number of amides is 1. The molecule has 3 rings (SSSR count). The third kappa shape index (κ3) is 4.45. The zero-order valence-electron chi connectivity index (χ0n) is 16.2. The van der Waals surface area contributed by atoms with Gasteiger partial charge < -0.3 is 15.4 Å². The lowest BCUT2D eigenvalue weighted by Crippen LogP contribution is -2.34. The fourth-order valence-electron chi connectivity index (χ4n) is 2.79. The highest BCUT2D eigenvalue weighted by Crippen LogP contribution is 2.31. The first-order chi connectivity index (χ1) is 13.3. The summed E-state index contributed by atoms with van der Waals surface area (Å²) in [5.41, 5.74) is 1.31. The summed E-state index contributed by atoms with van der Waals surface area (Å²) >= 11 is 0. The van der Waals surface area contributed by atoms with Crippen molar-refractivity contribution in [1.29, 1.82) is 0 Å². The number of carbonyl (C=O) groups is 1. The number of hydrogen-bond donors (Lipinski definition) is 2. The molecule has 2 aromatic rings. The van der Waals surface area contributed by atoms with E-state index in [-0.39, 0.29) is 22.6 Å². The molecule has 2 N–H and O–H groups in total. The smallest absolute Gasteiger partial charge is 0.247 e. The molecule has 1 amide bonds. The lowest BCUT2D eigenvalue weighted by molar-refractivity contribution is -0.122. The van der Waals surface area contributed by atoms with Gasteiger partial charge in [0.1, 0.15) is 16.7 Å². The lowest BCUT2D eigenvalue weighted by atomic mass is 10.1. The van der Waals surface area contributed by atoms with Gasteiger partial charge in [0.05, 0.1) is 7.11 Å². The Balaban J connectivity index is 1.95. The third-order valence-corrected chi connectivity index (χ3v) is 6.39. The Hall–Kier alpha value is -2.58. The van der Waals surface area contributed by atoms with E-state index >= 15 is 0 Å². The van der Waals surface area contributed by atoms with E-state index in [4.69, 9.17) is 4.74 Å². The minimum Gasteiger partial charge on any atom is -0.495 e. The molecule has 28 heavy (non-hydrogen) atoms. The van der Waals surface area contributed by atoms with Gasteiger partial charge in [0.15, 0.2) is 0 Å². The first-order valence-electron chi connectivity index (χ1n) is 9.05. The number of benzene rings is 2. The number of nitrogens with one attached hydrogen (secondary N) is 2. The Bertz CT molecular complexity index is 941. The van der Waals surface area contributed by atoms with Crippen LogP contribution in [0.2, 0.25) is 0 Å². The number of ether oxygens (including phenoxy) is 1. The number of rotatable bonds is 8. The molecule has 0 radical (unpaired) electrons. The van der Waals surface area contributed by atoms with Crippen LogP contribution in [0.4, 0.5) is 5.69 Å². The average Bonchev–Trinajstić information content (AvgIpc) is 3.50. The van der Waals surface area contributed by atoms with Crippen LogP contribution >= 0.6 is 0 Å². The highest BCUT2D eigenvalue weighted by molar-refractivity contribution is 7.89. The highest BCUT2D eigenvalue weighted by atomic mass is 32.2. The van der Waals surface area contributed by atoms with Crippen molar-refractivity contribution in [3.05, 3.63) is 54.1 Å². The van der Waals surface area contributed by atoms with Gasteiger partial charge in [-0.2, -0.15) is 0 Å². The van der Waals surface area contributed by atoms with E-state index in [1.807, 2.05) is 30.3 Å². The first-order valence-corrected chi connectivity index (χ1v) is 10.5. The molecule has 1 aliphatic carbocycles. The van der Waals surface area contributed by atoms with Crippen LogP contribution in [0.15, 0.2) is 53.4 Å². The zero-order valence-corrected chi connectivity index (χ0v) is 17.0. The van der Waals surface area contributed by atoms with Crippen LogP contribution in [0.25, 0.3) is 0 Å². The van der Waals surface area contributed by atoms with Crippen molar-refractivity contribution in [2.24, 2.45) is 0 Å². The molecule has 0 spiro atoms. The topological polar surface area (TPSA) is 87.7 Å². The molecule has 0 heterocycles. The molecule has 150 valence electrons. The largest absolute Gasteiger partial charge is 0.495 e. The van der Waals surface area contributed by atoms with E-state index in [0.717, 1.165) is 22.7 Å². The lowest BCUT2D eigenvalue weighted by Gasteiger charge is -2.21. The van der Waals surface area contributed by atoms with Gasteiger partial charge in [-0.3, -0.25) is 4.79 Å². The van der Waals surface area contributed by atoms with E-state index in [2.05, 4.69) is 10.6 Å². The van der Waals surface area contributed by atoms with Crippen LogP contribution in [0.1, 0.15) is 24.4 Å². The molecule has 1 aliphatic rings. The van der Waals surface area contributed by atoms with E-state index in [1.165, 1.54) is 27.3 Å². The quantitative estimate of drug-likeness (QED) is 0.707. The Kier molecular flexibility index (Phi) is 5.90. The summed E-state index contributed by atoms with van der Waals surface area (Å²) < 4.78 is 31.6. The average molecular weight is 404 g/mol. The number of nitrogens with zero attached hydrogens (tertiary/aromatic N) is 1. The minimum absolute atomic E-state index is 0.0411. The second-order valence-electron chi connectivity index (χ2n) is 6.92. The normalized spacial score (nSPS) is 15.1. The fourth-order valence-corrected chi connectivity index (χ4v) is 3.86. The van der Waals surface area contributed by atoms with Gasteiger partial charge in [0, 0.05) is 25.8 Å². The maximum absolute atomic E-state index is 12.8. The van der Waals surface area contributed by atoms with Crippen LogP contribution in [-0.2, 0) is 14.8 Å². The van der Waals surface area contributed by atoms with Crippen LogP contribution in [0, 0.1) is 0 Å². The Morgan fingerprint density at radius 1 is 1.14 bits per heavy atom. The standard InChI is InChI=1S/C20H25N3O4S/c1-23(2)28(25,26)18-13-16(11-12-17(18)27-3)21-19(14-7-5-4-6-8-14)20(24)22-15-9-10-15/h4-8,11-13,15,19,21H,9-10H2,1-3H3,(H,22,24). The summed E-state index contributed by atoms with van der Waals surface area (Å²) in [5, 5.41) is 6.19. The number of anilines is 1. The Morgan fingerprint density at radius 2 is 1.82 bits per heavy atom. The summed E-state index contributed by atoms with van der Waals surface area (Å²) in [6.45, 7) is 0. The molecule has 1 fully saturated rings. The van der Waals surface area contributed by atoms with Crippen LogP contribution < -0.4 is 15.4 Å². The van der Waals surface area contributed by atoms with Crippen molar-refractivity contribution >= 4 is 21.6 Å². The highest BCUT2D eigenvalue weighted by Gasteiger charge is 2.29. The Labute approximate surface area is 165 Å². The summed E-state index contributed by atoms with van der Waals surface area (Å²) in [7, 11) is 0.646. The predicted molar refractivity (Wildman–Crippen MR) is 108 cm³/mol. The van der Waals surface area contributed by atoms with Gasteiger partial charge >= 0.3 is 0 Å². The molecule has 1 saturated carbocycles. The molecule has 1 atom stereocenters. The second kappa shape index (κ2) is 8.20. The molecule has 7 nitrogen and oxygen atoms in total. The second-order valence-corrected chi connectivity index (χ2v) is 9.04. The van der Waals surface area contributed by atoms with Crippen LogP contribution in [0.5, 0.6) is 5.75 Å². The molecule has 0 aromatic heterocycles. The van der Waals surface area contributed by atoms with Gasteiger partial charge in [-0.1, -0.05) is 30.3 Å². The number of hydrogen-bond acceptors (Lipinski definition) is 5.